The van der Waals surface area contributed by atoms with E-state index in [0.717, 1.165) is 25.0 Å². The van der Waals surface area contributed by atoms with E-state index in [-0.39, 0.29) is 17.8 Å². The van der Waals surface area contributed by atoms with Crippen molar-refractivity contribution in [1.29, 1.82) is 0 Å². The molecule has 4 rings (SSSR count). The number of aryl methyl sites for hydroxylation is 2. The third-order valence-corrected chi connectivity index (χ3v) is 5.47. The first kappa shape index (κ1) is 18.3. The summed E-state index contributed by atoms with van der Waals surface area (Å²) >= 11 is 0. The van der Waals surface area contributed by atoms with Crippen LogP contribution in [-0.2, 0) is 20.0 Å². The topological polar surface area (TPSA) is 37.3 Å². The molecule has 1 aliphatic rings. The third-order valence-electron chi connectivity index (χ3n) is 5.47. The number of hydrogen-bond acceptors (Lipinski definition) is 1. The predicted octanol–water partition coefficient (Wildman–Crippen LogP) is 5.28. The molecule has 1 aliphatic carbocycles. The minimum absolute atomic E-state index is 0.0355. The lowest BCUT2D eigenvalue weighted by Crippen LogP contribution is -2.39. The Bertz CT molecular complexity index is 981. The number of aromatic nitrogens is 1. The van der Waals surface area contributed by atoms with Crippen molar-refractivity contribution in [3.8, 4) is 0 Å². The van der Waals surface area contributed by atoms with Crippen molar-refractivity contribution in [2.75, 3.05) is 5.32 Å². The molecule has 1 N–H and O–H groups in total. The van der Waals surface area contributed by atoms with Crippen LogP contribution in [0.25, 0.3) is 0 Å². The summed E-state index contributed by atoms with van der Waals surface area (Å²) in [6.45, 7) is 0.461. The number of carbonyl (C=O) groups excluding carboxylic acids is 1. The Balaban J connectivity index is 1.67. The number of urea groups is 1. The van der Waals surface area contributed by atoms with Crippen LogP contribution < -0.4 is 5.32 Å². The van der Waals surface area contributed by atoms with E-state index in [1.54, 1.807) is 18.2 Å². The molecule has 1 unspecified atom stereocenters. The Morgan fingerprint density at radius 2 is 1.93 bits per heavy atom. The smallest absolute Gasteiger partial charge is 0.322 e. The maximum atomic E-state index is 14.1. The molecule has 3 aromatic rings. The van der Waals surface area contributed by atoms with Crippen LogP contribution in [0.15, 0.2) is 66.9 Å². The highest BCUT2D eigenvalue weighted by atomic mass is 19.1. The van der Waals surface area contributed by atoms with Gasteiger partial charge in [0.1, 0.15) is 5.82 Å². The number of nitrogens with one attached hydrogen (secondary N) is 1. The van der Waals surface area contributed by atoms with Gasteiger partial charge in [-0.05, 0) is 54.7 Å². The second-order valence-corrected chi connectivity index (χ2v) is 7.26. The fourth-order valence-electron chi connectivity index (χ4n) is 3.96. The summed E-state index contributed by atoms with van der Waals surface area (Å²) in [6, 6.07) is 18.2. The zero-order valence-corrected chi connectivity index (χ0v) is 15.9. The second-order valence-electron chi connectivity index (χ2n) is 7.26. The SMILES string of the molecule is Cn1cccc1CN(C(=O)Nc1ccccc1F)C1CCCc2ccccc21. The number of carbonyl (C=O) groups is 1. The molecule has 5 heteroatoms. The van der Waals surface area contributed by atoms with Crippen molar-refractivity contribution in [3.63, 3.8) is 0 Å². The average Bonchev–Trinajstić information content (AvgIpc) is 3.12. The summed E-state index contributed by atoms with van der Waals surface area (Å²) in [4.78, 5) is 15.1. The fraction of sp³-hybridized carbons (Fsp3) is 0.261. The summed E-state index contributed by atoms with van der Waals surface area (Å²) in [5, 5.41) is 2.77. The minimum atomic E-state index is -0.432. The van der Waals surface area contributed by atoms with Gasteiger partial charge in [-0.3, -0.25) is 0 Å². The van der Waals surface area contributed by atoms with Crippen LogP contribution in [0.3, 0.4) is 0 Å². The summed E-state index contributed by atoms with van der Waals surface area (Å²) in [5.41, 5.74) is 3.71. The summed E-state index contributed by atoms with van der Waals surface area (Å²) in [5.74, 6) is -0.432. The normalized spacial score (nSPS) is 15.7. The summed E-state index contributed by atoms with van der Waals surface area (Å²) in [6.07, 6.45) is 4.92. The molecule has 2 aromatic carbocycles. The highest BCUT2D eigenvalue weighted by Crippen LogP contribution is 2.35. The summed E-state index contributed by atoms with van der Waals surface area (Å²) < 4.78 is 16.1. The van der Waals surface area contributed by atoms with Crippen LogP contribution in [0.4, 0.5) is 14.9 Å². The van der Waals surface area contributed by atoms with E-state index in [1.165, 1.54) is 17.2 Å². The molecule has 0 fully saturated rings. The molecule has 1 aromatic heterocycles. The molecule has 0 bridgehead atoms. The van der Waals surface area contributed by atoms with Crippen LogP contribution in [0.2, 0.25) is 0 Å². The summed E-state index contributed by atoms with van der Waals surface area (Å²) in [7, 11) is 1.97. The van der Waals surface area contributed by atoms with E-state index in [0.29, 0.717) is 6.54 Å². The minimum Gasteiger partial charge on any atom is -0.353 e. The number of amides is 2. The number of benzene rings is 2. The third kappa shape index (κ3) is 3.65. The molecule has 1 heterocycles. The van der Waals surface area contributed by atoms with Crippen LogP contribution >= 0.6 is 0 Å². The first-order valence-corrected chi connectivity index (χ1v) is 9.63. The van der Waals surface area contributed by atoms with Gasteiger partial charge in [0.15, 0.2) is 0 Å². The van der Waals surface area contributed by atoms with Crippen molar-refractivity contribution >= 4 is 11.7 Å². The zero-order valence-electron chi connectivity index (χ0n) is 15.9. The maximum absolute atomic E-state index is 14.1. The Morgan fingerprint density at radius 1 is 1.14 bits per heavy atom. The van der Waals surface area contributed by atoms with E-state index in [2.05, 4.69) is 17.4 Å². The Hall–Kier alpha value is -3.08. The highest BCUT2D eigenvalue weighted by Gasteiger charge is 2.30. The van der Waals surface area contributed by atoms with Crippen molar-refractivity contribution < 1.29 is 9.18 Å². The van der Waals surface area contributed by atoms with Gasteiger partial charge in [-0.15, -0.1) is 0 Å². The lowest BCUT2D eigenvalue weighted by Gasteiger charge is -2.36. The number of rotatable bonds is 4. The van der Waals surface area contributed by atoms with Gasteiger partial charge in [0.2, 0.25) is 0 Å². The molecule has 2 amide bonds. The van der Waals surface area contributed by atoms with Crippen LogP contribution in [0, 0.1) is 5.82 Å². The number of para-hydroxylation sites is 1. The molecule has 0 saturated heterocycles. The lowest BCUT2D eigenvalue weighted by atomic mass is 9.87. The average molecular weight is 377 g/mol. The van der Waals surface area contributed by atoms with Gasteiger partial charge in [-0.2, -0.15) is 0 Å². The molecular weight excluding hydrogens is 353 g/mol. The number of nitrogens with zero attached hydrogens (tertiary/aromatic N) is 2. The first-order chi connectivity index (χ1) is 13.6. The van der Waals surface area contributed by atoms with Gasteiger partial charge in [-0.1, -0.05) is 36.4 Å². The largest absolute Gasteiger partial charge is 0.353 e. The van der Waals surface area contributed by atoms with Gasteiger partial charge in [0.05, 0.1) is 18.3 Å². The monoisotopic (exact) mass is 377 g/mol. The van der Waals surface area contributed by atoms with Crippen LogP contribution in [0.5, 0.6) is 0 Å². The van der Waals surface area contributed by atoms with E-state index in [9.17, 15) is 9.18 Å². The van der Waals surface area contributed by atoms with E-state index in [4.69, 9.17) is 0 Å². The zero-order chi connectivity index (χ0) is 19.5. The van der Waals surface area contributed by atoms with E-state index < -0.39 is 5.82 Å². The molecule has 0 spiro atoms. The van der Waals surface area contributed by atoms with Crippen molar-refractivity contribution in [2.45, 2.75) is 31.8 Å². The van der Waals surface area contributed by atoms with Crippen LogP contribution in [0.1, 0.15) is 35.7 Å². The molecule has 28 heavy (non-hydrogen) atoms. The number of hydrogen-bond donors (Lipinski definition) is 1. The lowest BCUT2D eigenvalue weighted by molar-refractivity contribution is 0.173. The van der Waals surface area contributed by atoms with E-state index >= 15 is 0 Å². The molecule has 0 saturated carbocycles. The van der Waals surface area contributed by atoms with Gasteiger partial charge in [0, 0.05) is 18.9 Å². The Labute approximate surface area is 164 Å². The number of fused-ring (bicyclic) bond motifs is 1. The quantitative estimate of drug-likeness (QED) is 0.660. The molecule has 1 atom stereocenters. The Morgan fingerprint density at radius 3 is 2.71 bits per heavy atom. The van der Waals surface area contributed by atoms with Gasteiger partial charge in [0.25, 0.3) is 0 Å². The van der Waals surface area contributed by atoms with Crippen molar-refractivity contribution in [2.24, 2.45) is 7.05 Å². The van der Waals surface area contributed by atoms with Gasteiger partial charge >= 0.3 is 6.03 Å². The second kappa shape index (κ2) is 7.89. The van der Waals surface area contributed by atoms with Crippen LogP contribution in [-0.4, -0.2) is 15.5 Å². The molecule has 0 aliphatic heterocycles. The molecule has 144 valence electrons. The number of anilines is 1. The standard InChI is InChI=1S/C23H24FN3O/c1-26-15-7-10-18(26)16-27(23(28)25-21-13-5-4-12-20(21)24)22-14-6-9-17-8-2-3-11-19(17)22/h2-5,7-8,10-13,15,22H,6,9,14,16H2,1H3,(H,25,28). The van der Waals surface area contributed by atoms with Gasteiger partial charge in [-0.25, -0.2) is 9.18 Å². The van der Waals surface area contributed by atoms with E-state index in [1.807, 2.05) is 47.0 Å². The predicted molar refractivity (Wildman–Crippen MR) is 108 cm³/mol. The molecular formula is C23H24FN3O. The first-order valence-electron chi connectivity index (χ1n) is 9.63. The highest BCUT2D eigenvalue weighted by molar-refractivity contribution is 5.89. The fourth-order valence-corrected chi connectivity index (χ4v) is 3.96. The Kier molecular flexibility index (Phi) is 5.15. The molecule has 0 radical (unpaired) electrons. The van der Waals surface area contributed by atoms with Crippen molar-refractivity contribution in [1.82, 2.24) is 9.47 Å². The maximum Gasteiger partial charge on any atom is 0.322 e. The van der Waals surface area contributed by atoms with Gasteiger partial charge < -0.3 is 14.8 Å². The molecule has 4 nitrogen and oxygen atoms in total. The number of halogens is 1. The van der Waals surface area contributed by atoms with Crippen molar-refractivity contribution in [3.05, 3.63) is 89.5 Å².